The van der Waals surface area contributed by atoms with Gasteiger partial charge in [0.1, 0.15) is 5.76 Å². The summed E-state index contributed by atoms with van der Waals surface area (Å²) in [6.07, 6.45) is 4.65. The molecule has 9 heteroatoms. The Kier molecular flexibility index (Phi) is 5.75. The lowest BCUT2D eigenvalue weighted by Gasteiger charge is -2.39. The normalized spacial score (nSPS) is 31.2. The van der Waals surface area contributed by atoms with E-state index in [1.807, 2.05) is 0 Å². The fraction of sp³-hybridized carbons (Fsp3) is 0.750. The third kappa shape index (κ3) is 4.04. The standard InChI is InChI=1S/C16H24N2O6S/c19-15-9-24-14-5-4-11(16(20)17-21)7-13(14)18(15)8-10-2-1-3-12(6-10)25(22)23/h10-12,21H,1-9H2,(H,17,20)(H,22,23). The quantitative estimate of drug-likeness (QED) is 0.387. The molecule has 0 spiro atoms. The van der Waals surface area contributed by atoms with Crippen molar-refractivity contribution >= 4 is 22.9 Å². The molecule has 2 amide bonds. The van der Waals surface area contributed by atoms with Crippen molar-refractivity contribution in [2.24, 2.45) is 11.8 Å². The lowest BCUT2D eigenvalue weighted by atomic mass is 9.86. The molecule has 2 aliphatic carbocycles. The highest BCUT2D eigenvalue weighted by Crippen LogP contribution is 2.37. The molecule has 1 aliphatic heterocycles. The third-order valence-corrected chi connectivity index (χ3v) is 6.42. The van der Waals surface area contributed by atoms with E-state index in [-0.39, 0.29) is 29.6 Å². The van der Waals surface area contributed by atoms with Crippen LogP contribution in [0.15, 0.2) is 11.5 Å². The van der Waals surface area contributed by atoms with E-state index in [0.29, 0.717) is 32.2 Å². The highest BCUT2D eigenvalue weighted by molar-refractivity contribution is 7.79. The zero-order valence-corrected chi connectivity index (χ0v) is 14.8. The molecule has 0 radical (unpaired) electrons. The van der Waals surface area contributed by atoms with Gasteiger partial charge in [-0.25, -0.2) is 9.69 Å². The van der Waals surface area contributed by atoms with Crippen LogP contribution in [0.5, 0.6) is 0 Å². The fourth-order valence-electron chi connectivity index (χ4n) is 4.07. The summed E-state index contributed by atoms with van der Waals surface area (Å²) in [5.41, 5.74) is 2.41. The van der Waals surface area contributed by atoms with Crippen molar-refractivity contribution in [2.75, 3.05) is 13.2 Å². The third-order valence-electron chi connectivity index (χ3n) is 5.42. The molecule has 3 aliphatic rings. The highest BCUT2D eigenvalue weighted by atomic mass is 32.2. The summed E-state index contributed by atoms with van der Waals surface area (Å²) in [5.74, 6) is -0.0591. The zero-order valence-electron chi connectivity index (χ0n) is 14.0. The van der Waals surface area contributed by atoms with Crippen molar-refractivity contribution < 1.29 is 28.3 Å². The Labute approximate surface area is 148 Å². The first-order valence-corrected chi connectivity index (χ1v) is 9.85. The Bertz CT molecular complexity index is 607. The van der Waals surface area contributed by atoms with Crippen LogP contribution in [-0.2, 0) is 25.4 Å². The molecule has 0 aromatic rings. The molecule has 25 heavy (non-hydrogen) atoms. The van der Waals surface area contributed by atoms with Crippen molar-refractivity contribution in [3.8, 4) is 0 Å². The van der Waals surface area contributed by atoms with Gasteiger partial charge in [-0.3, -0.25) is 14.8 Å². The smallest absolute Gasteiger partial charge is 0.264 e. The van der Waals surface area contributed by atoms with E-state index in [2.05, 4.69) is 0 Å². The molecule has 4 unspecified atom stereocenters. The number of nitrogens with one attached hydrogen (secondary N) is 1. The van der Waals surface area contributed by atoms with Gasteiger partial charge in [0, 0.05) is 25.3 Å². The van der Waals surface area contributed by atoms with E-state index in [9.17, 15) is 18.4 Å². The van der Waals surface area contributed by atoms with E-state index in [0.717, 1.165) is 30.7 Å². The van der Waals surface area contributed by atoms with Gasteiger partial charge in [0.25, 0.3) is 5.91 Å². The molecule has 1 saturated carbocycles. The predicted octanol–water partition coefficient (Wildman–Crippen LogP) is 1.14. The Hall–Kier alpha value is -1.45. The number of nitrogens with zero attached hydrogens (tertiary/aromatic N) is 1. The average Bonchev–Trinajstić information content (AvgIpc) is 2.63. The number of hydroxylamine groups is 1. The van der Waals surface area contributed by atoms with Gasteiger partial charge in [0.15, 0.2) is 17.7 Å². The number of hydrogen-bond acceptors (Lipinski definition) is 5. The topological polar surface area (TPSA) is 116 Å². The molecular formula is C16H24N2O6S. The zero-order chi connectivity index (χ0) is 18.0. The number of ether oxygens (including phenoxy) is 1. The maximum atomic E-state index is 12.4. The SMILES string of the molecule is O=C(NO)C1CCC2=C(C1)N(CC1CCCC(S(=O)O)C1)C(=O)CO2. The van der Waals surface area contributed by atoms with Gasteiger partial charge in [-0.15, -0.1) is 0 Å². The predicted molar refractivity (Wildman–Crippen MR) is 88.5 cm³/mol. The number of hydrogen-bond donors (Lipinski definition) is 3. The number of carbonyl (C=O) groups excluding carboxylic acids is 2. The van der Waals surface area contributed by atoms with Crippen molar-refractivity contribution in [2.45, 2.75) is 50.2 Å². The molecule has 3 N–H and O–H groups in total. The summed E-state index contributed by atoms with van der Waals surface area (Å²) in [4.78, 5) is 25.8. The summed E-state index contributed by atoms with van der Waals surface area (Å²) < 4.78 is 26.3. The summed E-state index contributed by atoms with van der Waals surface area (Å²) in [5, 5.41) is 8.63. The first-order valence-electron chi connectivity index (χ1n) is 8.68. The second-order valence-electron chi connectivity index (χ2n) is 7.01. The Balaban J connectivity index is 1.73. The number of rotatable bonds is 4. The molecule has 1 heterocycles. The van der Waals surface area contributed by atoms with Crippen LogP contribution in [0.1, 0.15) is 44.9 Å². The van der Waals surface area contributed by atoms with E-state index in [1.54, 1.807) is 10.4 Å². The van der Waals surface area contributed by atoms with E-state index >= 15 is 0 Å². The summed E-state index contributed by atoms with van der Waals surface area (Å²) in [6, 6.07) is 0. The summed E-state index contributed by atoms with van der Waals surface area (Å²) in [7, 11) is 0. The van der Waals surface area contributed by atoms with Crippen LogP contribution >= 0.6 is 0 Å². The van der Waals surface area contributed by atoms with Gasteiger partial charge >= 0.3 is 0 Å². The molecule has 8 nitrogen and oxygen atoms in total. The van der Waals surface area contributed by atoms with Crippen LogP contribution < -0.4 is 5.48 Å². The second-order valence-corrected chi connectivity index (χ2v) is 8.23. The molecule has 0 bridgehead atoms. The number of amides is 2. The largest absolute Gasteiger partial charge is 0.486 e. The van der Waals surface area contributed by atoms with Gasteiger partial charge in [-0.05, 0) is 31.6 Å². The van der Waals surface area contributed by atoms with Crippen LogP contribution in [-0.4, -0.2) is 49.1 Å². The van der Waals surface area contributed by atoms with Crippen LogP contribution in [0.4, 0.5) is 0 Å². The van der Waals surface area contributed by atoms with Gasteiger partial charge in [0.05, 0.1) is 10.9 Å². The lowest BCUT2D eigenvalue weighted by Crippen LogP contribution is -2.45. The minimum absolute atomic E-state index is 0.00221. The van der Waals surface area contributed by atoms with E-state index < -0.39 is 17.0 Å². The highest BCUT2D eigenvalue weighted by Gasteiger charge is 2.37. The van der Waals surface area contributed by atoms with Crippen LogP contribution in [0, 0.1) is 11.8 Å². The molecule has 140 valence electrons. The molecular weight excluding hydrogens is 348 g/mol. The first-order chi connectivity index (χ1) is 12.0. The molecule has 1 fully saturated rings. The van der Waals surface area contributed by atoms with Crippen LogP contribution in [0.2, 0.25) is 0 Å². The lowest BCUT2D eigenvalue weighted by molar-refractivity contribution is -0.139. The maximum Gasteiger partial charge on any atom is 0.264 e. The van der Waals surface area contributed by atoms with Gasteiger partial charge in [0.2, 0.25) is 5.91 Å². The monoisotopic (exact) mass is 372 g/mol. The van der Waals surface area contributed by atoms with Crippen LogP contribution in [0.3, 0.4) is 0 Å². The van der Waals surface area contributed by atoms with Gasteiger partial charge < -0.3 is 14.2 Å². The summed E-state index contributed by atoms with van der Waals surface area (Å²) >= 11 is -1.83. The number of carbonyl (C=O) groups is 2. The Morgan fingerprint density at radius 3 is 2.88 bits per heavy atom. The molecule has 0 aromatic carbocycles. The van der Waals surface area contributed by atoms with E-state index in [4.69, 9.17) is 9.94 Å². The van der Waals surface area contributed by atoms with Gasteiger partial charge in [-0.2, -0.15) is 0 Å². The van der Waals surface area contributed by atoms with E-state index in [1.165, 1.54) is 0 Å². The Morgan fingerprint density at radius 1 is 1.36 bits per heavy atom. The minimum Gasteiger partial charge on any atom is -0.486 e. The molecule has 0 saturated heterocycles. The van der Waals surface area contributed by atoms with Crippen molar-refractivity contribution in [1.82, 2.24) is 10.4 Å². The second kappa shape index (κ2) is 7.84. The fourth-order valence-corrected chi connectivity index (χ4v) is 4.87. The molecule has 3 rings (SSSR count). The summed E-state index contributed by atoms with van der Waals surface area (Å²) in [6.45, 7) is 0.486. The first kappa shape index (κ1) is 18.3. The van der Waals surface area contributed by atoms with Gasteiger partial charge in [-0.1, -0.05) is 6.42 Å². The molecule has 0 aromatic heterocycles. The van der Waals surface area contributed by atoms with Crippen LogP contribution in [0.25, 0.3) is 0 Å². The Morgan fingerprint density at radius 2 is 2.16 bits per heavy atom. The number of allylic oxidation sites excluding steroid dienone is 2. The average molecular weight is 372 g/mol. The van der Waals surface area contributed by atoms with Crippen molar-refractivity contribution in [1.29, 1.82) is 0 Å². The maximum absolute atomic E-state index is 12.4. The minimum atomic E-state index is -1.83. The molecule has 4 atom stereocenters. The van der Waals surface area contributed by atoms with Crippen molar-refractivity contribution in [3.05, 3.63) is 11.5 Å². The van der Waals surface area contributed by atoms with Crippen molar-refractivity contribution in [3.63, 3.8) is 0 Å².